The minimum absolute atomic E-state index is 0.142. The largest absolute Gasteiger partial charge is 0.444 e. The Hall–Kier alpha value is -3.79. The van der Waals surface area contributed by atoms with Gasteiger partial charge in [-0.05, 0) is 64.2 Å². The number of nitrogens with zero attached hydrogens (tertiary/aromatic N) is 1. The number of alkyl carbamates (subject to hydrolysis) is 1. The predicted octanol–water partition coefficient (Wildman–Crippen LogP) is 4.61. The summed E-state index contributed by atoms with van der Waals surface area (Å²) in [5, 5.41) is 5.76. The zero-order valence-corrected chi connectivity index (χ0v) is 23.2. The number of carbonyl (C=O) groups is 3. The maximum atomic E-state index is 14.4. The van der Waals surface area contributed by atoms with E-state index in [0.717, 1.165) is 12.0 Å². The molecule has 3 amide bonds. The Kier molecular flexibility index (Phi) is 9.22. The fraction of sp³-hybridized carbons (Fsp3) is 0.452. The highest BCUT2D eigenvalue weighted by Crippen LogP contribution is 2.41. The second-order valence-electron chi connectivity index (χ2n) is 11.2. The number of amides is 3. The van der Waals surface area contributed by atoms with Crippen molar-refractivity contribution in [2.75, 3.05) is 0 Å². The summed E-state index contributed by atoms with van der Waals surface area (Å²) in [6, 6.07) is 14.4. The smallest absolute Gasteiger partial charge is 0.408 e. The van der Waals surface area contributed by atoms with E-state index in [1.807, 2.05) is 63.2 Å². The van der Waals surface area contributed by atoms with Crippen molar-refractivity contribution in [3.05, 3.63) is 71.3 Å². The Morgan fingerprint density at radius 3 is 2.21 bits per heavy atom. The number of rotatable bonds is 9. The Balaban J connectivity index is 2.07. The Labute approximate surface area is 226 Å². The van der Waals surface area contributed by atoms with Crippen LogP contribution in [0.15, 0.2) is 54.6 Å². The average Bonchev–Trinajstić information content (AvgIpc) is 3.56. The standard InChI is InChI=1S/C31H39N3O4/c1-8-23-16-12-13-17-24(23)27(28(35)32-20(2)3)34(26-18-21(26)4)29(36)25(19-22-14-10-9-11-15-22)33-30(37)38-31(5,6)7/h1,9-17,20-21,25-27H,18-19H2,2-7H3,(H,32,35)(H,33,37). The molecule has 38 heavy (non-hydrogen) atoms. The fourth-order valence-electron chi connectivity index (χ4n) is 4.50. The van der Waals surface area contributed by atoms with Gasteiger partial charge in [-0.2, -0.15) is 0 Å². The van der Waals surface area contributed by atoms with Gasteiger partial charge in [0.25, 0.3) is 0 Å². The molecule has 2 aromatic rings. The second kappa shape index (κ2) is 12.2. The van der Waals surface area contributed by atoms with Crippen LogP contribution in [-0.4, -0.2) is 46.5 Å². The maximum absolute atomic E-state index is 14.4. The summed E-state index contributed by atoms with van der Waals surface area (Å²) in [5.41, 5.74) is 1.26. The summed E-state index contributed by atoms with van der Waals surface area (Å²) in [6.45, 7) is 11.1. The Bertz CT molecular complexity index is 1180. The van der Waals surface area contributed by atoms with E-state index in [-0.39, 0.29) is 36.2 Å². The van der Waals surface area contributed by atoms with Crippen LogP contribution in [0.3, 0.4) is 0 Å². The van der Waals surface area contributed by atoms with E-state index in [2.05, 4.69) is 16.6 Å². The lowest BCUT2D eigenvalue weighted by atomic mass is 9.96. The number of hydrogen-bond acceptors (Lipinski definition) is 4. The summed E-state index contributed by atoms with van der Waals surface area (Å²) in [4.78, 5) is 42.6. The SMILES string of the molecule is C#Cc1ccccc1C(C(=O)NC(C)C)N(C(=O)C(Cc1ccccc1)NC(=O)OC(C)(C)C)C1CC1C. The van der Waals surface area contributed by atoms with Gasteiger partial charge in [0.15, 0.2) is 0 Å². The lowest BCUT2D eigenvalue weighted by Gasteiger charge is -2.36. The molecule has 0 aliphatic heterocycles. The van der Waals surface area contributed by atoms with Crippen LogP contribution < -0.4 is 10.6 Å². The molecule has 7 nitrogen and oxygen atoms in total. The molecule has 0 saturated heterocycles. The molecule has 3 rings (SSSR count). The van der Waals surface area contributed by atoms with Crippen LogP contribution in [-0.2, 0) is 20.7 Å². The van der Waals surface area contributed by atoms with Crippen LogP contribution in [0.2, 0.25) is 0 Å². The quantitative estimate of drug-likeness (QED) is 0.476. The molecule has 202 valence electrons. The van der Waals surface area contributed by atoms with E-state index >= 15 is 0 Å². The highest BCUT2D eigenvalue weighted by Gasteiger charge is 2.48. The van der Waals surface area contributed by atoms with Crippen LogP contribution >= 0.6 is 0 Å². The fourth-order valence-corrected chi connectivity index (χ4v) is 4.50. The van der Waals surface area contributed by atoms with Gasteiger partial charge in [-0.25, -0.2) is 4.79 Å². The van der Waals surface area contributed by atoms with Gasteiger partial charge in [0.2, 0.25) is 11.8 Å². The van der Waals surface area contributed by atoms with Gasteiger partial charge in [0, 0.05) is 24.1 Å². The van der Waals surface area contributed by atoms with E-state index in [1.165, 1.54) is 0 Å². The molecule has 0 aromatic heterocycles. The maximum Gasteiger partial charge on any atom is 0.408 e. The third-order valence-corrected chi connectivity index (χ3v) is 6.32. The van der Waals surface area contributed by atoms with Crippen LogP contribution in [0.25, 0.3) is 0 Å². The summed E-state index contributed by atoms with van der Waals surface area (Å²) in [6.07, 6.45) is 6.11. The van der Waals surface area contributed by atoms with Crippen molar-refractivity contribution in [2.24, 2.45) is 5.92 Å². The normalized spacial score (nSPS) is 18.1. The zero-order chi connectivity index (χ0) is 28.0. The van der Waals surface area contributed by atoms with E-state index in [1.54, 1.807) is 37.8 Å². The number of terminal acetylenes is 1. The lowest BCUT2D eigenvalue weighted by molar-refractivity contribution is -0.143. The molecule has 1 saturated carbocycles. The molecule has 7 heteroatoms. The van der Waals surface area contributed by atoms with Gasteiger partial charge in [0.1, 0.15) is 17.7 Å². The predicted molar refractivity (Wildman–Crippen MR) is 148 cm³/mol. The average molecular weight is 518 g/mol. The molecule has 1 aliphatic rings. The van der Waals surface area contributed by atoms with Crippen LogP contribution in [0, 0.1) is 18.3 Å². The van der Waals surface area contributed by atoms with Crippen molar-refractivity contribution in [1.29, 1.82) is 0 Å². The van der Waals surface area contributed by atoms with E-state index in [0.29, 0.717) is 11.1 Å². The first-order chi connectivity index (χ1) is 17.9. The third kappa shape index (κ3) is 7.61. The molecule has 0 spiro atoms. The van der Waals surface area contributed by atoms with Crippen LogP contribution in [0.5, 0.6) is 0 Å². The monoisotopic (exact) mass is 517 g/mol. The number of carbonyl (C=O) groups excluding carboxylic acids is 3. The van der Waals surface area contributed by atoms with Gasteiger partial charge >= 0.3 is 6.09 Å². The minimum Gasteiger partial charge on any atom is -0.444 e. The molecule has 0 heterocycles. The van der Waals surface area contributed by atoms with Crippen molar-refractivity contribution in [3.63, 3.8) is 0 Å². The molecule has 0 bridgehead atoms. The first kappa shape index (κ1) is 28.8. The number of hydrogen-bond donors (Lipinski definition) is 2. The Morgan fingerprint density at radius 2 is 1.66 bits per heavy atom. The van der Waals surface area contributed by atoms with E-state index in [4.69, 9.17) is 11.2 Å². The first-order valence-corrected chi connectivity index (χ1v) is 13.1. The van der Waals surface area contributed by atoms with Crippen molar-refractivity contribution < 1.29 is 19.1 Å². The molecular formula is C31H39N3O4. The van der Waals surface area contributed by atoms with E-state index in [9.17, 15) is 14.4 Å². The summed E-state index contributed by atoms with van der Waals surface area (Å²) < 4.78 is 5.49. The van der Waals surface area contributed by atoms with Gasteiger partial charge in [-0.3, -0.25) is 9.59 Å². The topological polar surface area (TPSA) is 87.7 Å². The van der Waals surface area contributed by atoms with Gasteiger partial charge < -0.3 is 20.3 Å². The minimum atomic E-state index is -0.953. The molecule has 2 aromatic carbocycles. The number of nitrogens with one attached hydrogen (secondary N) is 2. The summed E-state index contributed by atoms with van der Waals surface area (Å²) >= 11 is 0. The third-order valence-electron chi connectivity index (χ3n) is 6.32. The molecule has 4 unspecified atom stereocenters. The van der Waals surface area contributed by atoms with Crippen molar-refractivity contribution in [1.82, 2.24) is 15.5 Å². The molecular weight excluding hydrogens is 478 g/mol. The molecule has 1 fully saturated rings. The van der Waals surface area contributed by atoms with E-state index < -0.39 is 23.8 Å². The van der Waals surface area contributed by atoms with Crippen molar-refractivity contribution >= 4 is 17.9 Å². The summed E-state index contributed by atoms with van der Waals surface area (Å²) in [5.74, 6) is 2.20. The number of ether oxygens (including phenoxy) is 1. The van der Waals surface area contributed by atoms with Gasteiger partial charge in [-0.15, -0.1) is 6.42 Å². The van der Waals surface area contributed by atoms with Gasteiger partial charge in [-0.1, -0.05) is 61.4 Å². The van der Waals surface area contributed by atoms with Crippen molar-refractivity contribution in [2.45, 2.75) is 84.2 Å². The Morgan fingerprint density at radius 1 is 1.05 bits per heavy atom. The lowest BCUT2D eigenvalue weighted by Crippen LogP contribution is -2.55. The van der Waals surface area contributed by atoms with Crippen molar-refractivity contribution in [3.8, 4) is 12.3 Å². The van der Waals surface area contributed by atoms with Crippen LogP contribution in [0.1, 0.15) is 70.7 Å². The molecule has 1 aliphatic carbocycles. The molecule has 0 radical (unpaired) electrons. The summed E-state index contributed by atoms with van der Waals surface area (Å²) in [7, 11) is 0. The highest BCUT2D eigenvalue weighted by molar-refractivity contribution is 5.93. The molecule has 2 N–H and O–H groups in total. The number of benzene rings is 2. The highest BCUT2D eigenvalue weighted by atomic mass is 16.6. The van der Waals surface area contributed by atoms with Gasteiger partial charge in [0.05, 0.1) is 0 Å². The van der Waals surface area contributed by atoms with Crippen LogP contribution in [0.4, 0.5) is 4.79 Å². The first-order valence-electron chi connectivity index (χ1n) is 13.1. The second-order valence-corrected chi connectivity index (χ2v) is 11.2. The molecule has 4 atom stereocenters. The zero-order valence-electron chi connectivity index (χ0n) is 23.2.